The molecule has 4 rings (SSSR count). The number of fused-ring (bicyclic) bond motifs is 1. The summed E-state index contributed by atoms with van der Waals surface area (Å²) in [5.74, 6) is 0.206. The van der Waals surface area contributed by atoms with Gasteiger partial charge < -0.3 is 4.90 Å². The molecule has 0 aliphatic carbocycles. The Kier molecular flexibility index (Phi) is 4.10. The van der Waals surface area contributed by atoms with Gasteiger partial charge in [-0.05, 0) is 36.3 Å². The highest BCUT2D eigenvalue weighted by Crippen LogP contribution is 2.44. The number of thioether (sulfide) groups is 1. The normalized spacial score (nSPS) is 17.7. The van der Waals surface area contributed by atoms with Crippen LogP contribution in [0.2, 0.25) is 0 Å². The molecular formula is C19H17NOS2. The summed E-state index contributed by atoms with van der Waals surface area (Å²) in [4.78, 5) is 16.1. The van der Waals surface area contributed by atoms with E-state index in [-0.39, 0.29) is 5.78 Å². The molecule has 2 aliphatic heterocycles. The first-order chi connectivity index (χ1) is 11.3. The topological polar surface area (TPSA) is 20.3 Å². The number of benzene rings is 1. The zero-order chi connectivity index (χ0) is 15.6. The van der Waals surface area contributed by atoms with Crippen molar-refractivity contribution in [3.05, 3.63) is 74.3 Å². The van der Waals surface area contributed by atoms with Gasteiger partial charge in [-0.2, -0.15) is 0 Å². The summed E-state index contributed by atoms with van der Waals surface area (Å²) in [6.07, 6.45) is 3.08. The van der Waals surface area contributed by atoms with Crippen molar-refractivity contribution in [3.63, 3.8) is 0 Å². The summed E-state index contributed by atoms with van der Waals surface area (Å²) >= 11 is 3.24. The predicted molar refractivity (Wildman–Crippen MR) is 98.2 cm³/mol. The average Bonchev–Trinajstić information content (AvgIpc) is 3.22. The number of ketones is 1. The molecule has 2 aliphatic rings. The SMILES string of the molecule is O=C(C1=C2SC=C(c3ccccc3)N2CCCC1)c1cccs1. The lowest BCUT2D eigenvalue weighted by Crippen LogP contribution is -2.19. The van der Waals surface area contributed by atoms with E-state index in [0.29, 0.717) is 0 Å². The molecule has 0 radical (unpaired) electrons. The number of carbonyl (C=O) groups excluding carboxylic acids is 1. The summed E-state index contributed by atoms with van der Waals surface area (Å²) in [5.41, 5.74) is 3.43. The molecule has 0 atom stereocenters. The second kappa shape index (κ2) is 6.38. The van der Waals surface area contributed by atoms with E-state index in [0.717, 1.165) is 41.3 Å². The zero-order valence-electron chi connectivity index (χ0n) is 12.7. The Bertz CT molecular complexity index is 775. The Morgan fingerprint density at radius 3 is 2.70 bits per heavy atom. The predicted octanol–water partition coefficient (Wildman–Crippen LogP) is 5.37. The fourth-order valence-corrected chi connectivity index (χ4v) is 4.91. The van der Waals surface area contributed by atoms with Crippen molar-refractivity contribution in [1.29, 1.82) is 0 Å². The standard InChI is InChI=1S/C19H17NOS2/c21-18(17-10-6-12-22-17)15-9-4-5-11-20-16(13-23-19(15)20)14-7-2-1-3-8-14/h1-3,6-8,10,12-13H,4-5,9,11H2. The van der Waals surface area contributed by atoms with Crippen LogP contribution in [0, 0.1) is 0 Å². The monoisotopic (exact) mass is 339 g/mol. The van der Waals surface area contributed by atoms with Crippen molar-refractivity contribution >= 4 is 34.6 Å². The van der Waals surface area contributed by atoms with E-state index in [1.807, 2.05) is 23.6 Å². The quantitative estimate of drug-likeness (QED) is 0.701. The van der Waals surface area contributed by atoms with Gasteiger partial charge in [0.25, 0.3) is 0 Å². The van der Waals surface area contributed by atoms with Gasteiger partial charge in [0.05, 0.1) is 15.6 Å². The first-order valence-corrected chi connectivity index (χ1v) is 9.61. The minimum atomic E-state index is 0.206. The Balaban J connectivity index is 1.72. The fourth-order valence-electron chi connectivity index (χ4n) is 3.08. The van der Waals surface area contributed by atoms with Crippen LogP contribution < -0.4 is 0 Å². The molecular weight excluding hydrogens is 322 g/mol. The highest BCUT2D eigenvalue weighted by Gasteiger charge is 2.30. The third-order valence-electron chi connectivity index (χ3n) is 4.22. The summed E-state index contributed by atoms with van der Waals surface area (Å²) in [7, 11) is 0. The number of nitrogens with zero attached hydrogens (tertiary/aromatic N) is 1. The lowest BCUT2D eigenvalue weighted by molar-refractivity contribution is 0.103. The van der Waals surface area contributed by atoms with Crippen molar-refractivity contribution in [3.8, 4) is 0 Å². The average molecular weight is 339 g/mol. The molecule has 1 aromatic carbocycles. The van der Waals surface area contributed by atoms with Crippen molar-refractivity contribution in [1.82, 2.24) is 4.90 Å². The Labute approximate surface area is 144 Å². The fraction of sp³-hybridized carbons (Fsp3) is 0.211. The lowest BCUT2D eigenvalue weighted by atomic mass is 10.1. The van der Waals surface area contributed by atoms with Gasteiger partial charge in [-0.1, -0.05) is 48.2 Å². The number of hydrogen-bond acceptors (Lipinski definition) is 4. The molecule has 4 heteroatoms. The van der Waals surface area contributed by atoms with Gasteiger partial charge in [-0.15, -0.1) is 11.3 Å². The third-order valence-corrected chi connectivity index (χ3v) is 6.12. The van der Waals surface area contributed by atoms with Gasteiger partial charge in [-0.3, -0.25) is 4.79 Å². The zero-order valence-corrected chi connectivity index (χ0v) is 14.3. The van der Waals surface area contributed by atoms with Gasteiger partial charge in [-0.25, -0.2) is 0 Å². The van der Waals surface area contributed by atoms with Crippen LogP contribution >= 0.6 is 23.1 Å². The van der Waals surface area contributed by atoms with E-state index in [2.05, 4.69) is 34.6 Å². The molecule has 0 fully saturated rings. The molecule has 0 unspecified atom stereocenters. The maximum absolute atomic E-state index is 12.9. The van der Waals surface area contributed by atoms with E-state index in [4.69, 9.17) is 0 Å². The molecule has 2 aromatic rings. The summed E-state index contributed by atoms with van der Waals surface area (Å²) < 4.78 is 0. The van der Waals surface area contributed by atoms with Crippen LogP contribution in [-0.4, -0.2) is 17.2 Å². The number of hydrogen-bond donors (Lipinski definition) is 0. The van der Waals surface area contributed by atoms with Gasteiger partial charge in [0.15, 0.2) is 0 Å². The van der Waals surface area contributed by atoms with Crippen LogP contribution in [0.15, 0.2) is 63.9 Å². The van der Waals surface area contributed by atoms with Crippen molar-refractivity contribution in [2.24, 2.45) is 0 Å². The van der Waals surface area contributed by atoms with Crippen LogP contribution in [0.5, 0.6) is 0 Å². The highest BCUT2D eigenvalue weighted by atomic mass is 32.2. The number of thiophene rings is 1. The van der Waals surface area contributed by atoms with Gasteiger partial charge in [0.2, 0.25) is 5.78 Å². The number of carbonyl (C=O) groups is 1. The molecule has 2 nitrogen and oxygen atoms in total. The Hall–Kier alpha value is -1.78. The minimum absolute atomic E-state index is 0.206. The first kappa shape index (κ1) is 14.8. The van der Waals surface area contributed by atoms with Gasteiger partial charge in [0, 0.05) is 17.5 Å². The molecule has 116 valence electrons. The van der Waals surface area contributed by atoms with Crippen molar-refractivity contribution < 1.29 is 4.79 Å². The van der Waals surface area contributed by atoms with Crippen LogP contribution in [0.25, 0.3) is 5.70 Å². The second-order valence-electron chi connectivity index (χ2n) is 5.69. The van der Waals surface area contributed by atoms with Gasteiger partial charge >= 0.3 is 0 Å². The van der Waals surface area contributed by atoms with Crippen LogP contribution in [-0.2, 0) is 0 Å². The van der Waals surface area contributed by atoms with E-state index < -0.39 is 0 Å². The largest absolute Gasteiger partial charge is 0.335 e. The first-order valence-electron chi connectivity index (χ1n) is 7.86. The smallest absolute Gasteiger partial charge is 0.201 e. The molecule has 0 saturated heterocycles. The van der Waals surface area contributed by atoms with E-state index in [1.165, 1.54) is 22.6 Å². The Morgan fingerprint density at radius 1 is 1.04 bits per heavy atom. The van der Waals surface area contributed by atoms with E-state index in [9.17, 15) is 4.79 Å². The number of Topliss-reactive ketones (excluding diaryl/α,β-unsaturated/α-hetero) is 1. The Morgan fingerprint density at radius 2 is 1.91 bits per heavy atom. The van der Waals surface area contributed by atoms with Crippen molar-refractivity contribution in [2.75, 3.05) is 6.54 Å². The highest BCUT2D eigenvalue weighted by molar-refractivity contribution is 8.06. The molecule has 0 amide bonds. The van der Waals surface area contributed by atoms with Crippen LogP contribution in [0.1, 0.15) is 34.5 Å². The summed E-state index contributed by atoms with van der Waals surface area (Å²) in [6.45, 7) is 0.990. The maximum atomic E-state index is 12.9. The molecule has 1 aromatic heterocycles. The van der Waals surface area contributed by atoms with Crippen molar-refractivity contribution in [2.45, 2.75) is 19.3 Å². The third kappa shape index (κ3) is 2.77. The lowest BCUT2D eigenvalue weighted by Gasteiger charge is -2.23. The molecule has 0 bridgehead atoms. The summed E-state index contributed by atoms with van der Waals surface area (Å²) in [5, 5.41) is 5.31. The number of rotatable bonds is 3. The van der Waals surface area contributed by atoms with Crippen LogP contribution in [0.4, 0.5) is 0 Å². The molecule has 0 saturated carbocycles. The summed E-state index contributed by atoms with van der Waals surface area (Å²) in [6, 6.07) is 14.3. The molecule has 0 N–H and O–H groups in total. The van der Waals surface area contributed by atoms with Crippen LogP contribution in [0.3, 0.4) is 0 Å². The van der Waals surface area contributed by atoms with Gasteiger partial charge in [0.1, 0.15) is 0 Å². The van der Waals surface area contributed by atoms with E-state index >= 15 is 0 Å². The molecule has 0 spiro atoms. The molecule has 23 heavy (non-hydrogen) atoms. The maximum Gasteiger partial charge on any atom is 0.201 e. The minimum Gasteiger partial charge on any atom is -0.335 e. The number of allylic oxidation sites excluding steroid dienone is 1. The van der Waals surface area contributed by atoms with E-state index in [1.54, 1.807) is 11.8 Å². The second-order valence-corrected chi connectivity index (χ2v) is 7.49. The molecule has 3 heterocycles.